The van der Waals surface area contributed by atoms with Crippen molar-refractivity contribution in [1.29, 1.82) is 0 Å². The zero-order valence-electron chi connectivity index (χ0n) is 5.61. The molecule has 0 saturated heterocycles. The minimum Gasteiger partial charge on any atom is -0.478 e. The van der Waals surface area contributed by atoms with E-state index in [-0.39, 0.29) is 5.56 Å². The van der Waals surface area contributed by atoms with Crippen LogP contribution in [0.15, 0.2) is 24.3 Å². The second-order valence-corrected chi connectivity index (χ2v) is 1.97. The van der Waals surface area contributed by atoms with Gasteiger partial charge >= 0.3 is 5.97 Å². The van der Waals surface area contributed by atoms with Gasteiger partial charge in [0.1, 0.15) is 0 Å². The Balaban J connectivity index is 3.13. The van der Waals surface area contributed by atoms with E-state index in [0.29, 0.717) is 5.69 Å². The predicted octanol–water partition coefficient (Wildman–Crippen LogP) is 1.94. The predicted molar refractivity (Wildman–Crippen MR) is 39.7 cm³/mol. The summed E-state index contributed by atoms with van der Waals surface area (Å²) in [4.78, 5) is 13.5. The molecule has 54 valence electrons. The summed E-state index contributed by atoms with van der Waals surface area (Å²) in [6.07, 6.45) is 0. The van der Waals surface area contributed by atoms with Crippen LogP contribution < -0.4 is 0 Å². The van der Waals surface area contributed by atoms with E-state index in [2.05, 4.69) is 4.85 Å². The Labute approximate surface area is 63.7 Å². The van der Waals surface area contributed by atoms with Crippen molar-refractivity contribution in [2.24, 2.45) is 0 Å². The number of hydrogen-bond donors (Lipinski definition) is 1. The quantitative estimate of drug-likeness (QED) is 0.616. The van der Waals surface area contributed by atoms with Crippen LogP contribution >= 0.6 is 0 Å². The van der Waals surface area contributed by atoms with Crippen molar-refractivity contribution in [3.8, 4) is 0 Å². The first-order chi connectivity index (χ1) is 5.24. The fourth-order valence-corrected chi connectivity index (χ4v) is 0.708. The molecular formula is C8H5NO2. The maximum Gasteiger partial charge on any atom is 0.334 e. The highest BCUT2D eigenvalue weighted by Gasteiger charge is 2.01. The zero-order chi connectivity index (χ0) is 8.27. The molecule has 0 aliphatic heterocycles. The van der Waals surface area contributed by atoms with Gasteiger partial charge in [0.15, 0.2) is 5.69 Å². The van der Waals surface area contributed by atoms with E-state index >= 15 is 0 Å². The lowest BCUT2D eigenvalue weighted by Gasteiger charge is -1.92. The Hall–Kier alpha value is -1.82. The lowest BCUT2D eigenvalue weighted by molar-refractivity contribution is 0.0697. The Bertz CT molecular complexity index is 325. The first-order valence-corrected chi connectivity index (χ1v) is 2.95. The van der Waals surface area contributed by atoms with Gasteiger partial charge in [-0.25, -0.2) is 9.64 Å². The van der Waals surface area contributed by atoms with E-state index in [1.807, 2.05) is 0 Å². The average molecular weight is 147 g/mol. The van der Waals surface area contributed by atoms with Crippen molar-refractivity contribution in [2.75, 3.05) is 0 Å². The summed E-state index contributed by atoms with van der Waals surface area (Å²) >= 11 is 0. The first kappa shape index (κ1) is 7.29. The summed E-state index contributed by atoms with van der Waals surface area (Å²) in [6, 6.07) is 5.92. The molecule has 1 N–H and O–H groups in total. The number of rotatable bonds is 1. The van der Waals surface area contributed by atoms with Crippen LogP contribution in [0.25, 0.3) is 4.85 Å². The van der Waals surface area contributed by atoms with Crippen molar-refractivity contribution in [3.05, 3.63) is 41.2 Å². The van der Waals surface area contributed by atoms with E-state index in [9.17, 15) is 4.79 Å². The van der Waals surface area contributed by atoms with Crippen LogP contribution in [0.3, 0.4) is 0 Å². The topological polar surface area (TPSA) is 41.7 Å². The molecule has 0 saturated carbocycles. The van der Waals surface area contributed by atoms with Crippen LogP contribution in [-0.2, 0) is 0 Å². The second-order valence-electron chi connectivity index (χ2n) is 1.97. The molecule has 0 radical (unpaired) electrons. The lowest BCUT2D eigenvalue weighted by Crippen LogP contribution is -1.93. The average Bonchev–Trinajstić information content (AvgIpc) is 2.05. The van der Waals surface area contributed by atoms with Crippen molar-refractivity contribution < 1.29 is 9.90 Å². The van der Waals surface area contributed by atoms with Gasteiger partial charge in [0.2, 0.25) is 0 Å². The van der Waals surface area contributed by atoms with Crippen LogP contribution in [-0.4, -0.2) is 11.1 Å². The molecule has 0 fully saturated rings. The molecule has 1 aromatic rings. The maximum atomic E-state index is 10.4. The molecule has 0 aliphatic carbocycles. The van der Waals surface area contributed by atoms with Gasteiger partial charge in [-0.2, -0.15) is 0 Å². The van der Waals surface area contributed by atoms with E-state index in [0.717, 1.165) is 0 Å². The SMILES string of the molecule is [C-]#[N+]c1cccc(C(=O)O)c1. The van der Waals surface area contributed by atoms with Gasteiger partial charge < -0.3 is 5.11 Å². The summed E-state index contributed by atoms with van der Waals surface area (Å²) in [6.45, 7) is 6.61. The molecule has 1 aromatic carbocycles. The number of carboxylic acid groups (broad SMARTS) is 1. The van der Waals surface area contributed by atoms with Crippen LogP contribution in [0, 0.1) is 6.57 Å². The summed E-state index contributed by atoms with van der Waals surface area (Å²) in [5, 5.41) is 8.50. The molecule has 3 nitrogen and oxygen atoms in total. The molecule has 0 aromatic heterocycles. The number of hydrogen-bond acceptors (Lipinski definition) is 1. The minimum absolute atomic E-state index is 0.151. The number of carbonyl (C=O) groups is 1. The normalized spacial score (nSPS) is 8.64. The highest BCUT2D eigenvalue weighted by atomic mass is 16.4. The Kier molecular flexibility index (Phi) is 1.88. The van der Waals surface area contributed by atoms with Gasteiger partial charge in [-0.3, -0.25) is 0 Å². The van der Waals surface area contributed by atoms with Gasteiger partial charge in [-0.05, 0) is 6.07 Å². The minimum atomic E-state index is -1.00. The van der Waals surface area contributed by atoms with E-state index < -0.39 is 5.97 Å². The zero-order valence-corrected chi connectivity index (χ0v) is 5.61. The highest BCUT2D eigenvalue weighted by molar-refractivity contribution is 5.88. The second kappa shape index (κ2) is 2.84. The molecule has 0 bridgehead atoms. The Morgan fingerprint density at radius 2 is 2.27 bits per heavy atom. The standard InChI is InChI=1S/C8H5NO2/c1-9-7-4-2-3-6(5-7)8(10)11/h2-5H,(H,10,11). The molecule has 0 aliphatic rings. The van der Waals surface area contributed by atoms with Gasteiger partial charge in [-0.1, -0.05) is 18.2 Å². The largest absolute Gasteiger partial charge is 0.478 e. The molecule has 0 heterocycles. The summed E-state index contributed by atoms with van der Waals surface area (Å²) in [7, 11) is 0. The molecule has 0 unspecified atom stereocenters. The summed E-state index contributed by atoms with van der Waals surface area (Å²) in [5.74, 6) is -1.00. The van der Waals surface area contributed by atoms with E-state index in [4.69, 9.17) is 11.7 Å². The molecule has 3 heteroatoms. The summed E-state index contributed by atoms with van der Waals surface area (Å²) in [5.41, 5.74) is 0.503. The van der Waals surface area contributed by atoms with E-state index in [1.54, 1.807) is 12.1 Å². The van der Waals surface area contributed by atoms with Crippen LogP contribution in [0.5, 0.6) is 0 Å². The third-order valence-electron chi connectivity index (χ3n) is 1.22. The Morgan fingerprint density at radius 1 is 1.55 bits per heavy atom. The van der Waals surface area contributed by atoms with Gasteiger partial charge in [0.05, 0.1) is 6.57 Å². The first-order valence-electron chi connectivity index (χ1n) is 2.95. The van der Waals surface area contributed by atoms with Crippen LogP contribution in [0.1, 0.15) is 10.4 Å². The van der Waals surface area contributed by atoms with Crippen molar-refractivity contribution >= 4 is 11.7 Å². The lowest BCUT2D eigenvalue weighted by atomic mass is 10.2. The third kappa shape index (κ3) is 1.55. The fraction of sp³-hybridized carbons (Fsp3) is 0. The van der Waals surface area contributed by atoms with Crippen LogP contribution in [0.2, 0.25) is 0 Å². The monoisotopic (exact) mass is 147 g/mol. The van der Waals surface area contributed by atoms with Crippen LogP contribution in [0.4, 0.5) is 5.69 Å². The van der Waals surface area contributed by atoms with Gasteiger partial charge in [-0.15, -0.1) is 0 Å². The third-order valence-corrected chi connectivity index (χ3v) is 1.22. The molecule has 0 atom stereocenters. The van der Waals surface area contributed by atoms with Crippen molar-refractivity contribution in [1.82, 2.24) is 0 Å². The molecule has 1 rings (SSSR count). The van der Waals surface area contributed by atoms with Gasteiger partial charge in [0.25, 0.3) is 0 Å². The number of carboxylic acids is 1. The Morgan fingerprint density at radius 3 is 2.82 bits per heavy atom. The summed E-state index contributed by atoms with van der Waals surface area (Å²) < 4.78 is 0. The van der Waals surface area contributed by atoms with Crippen molar-refractivity contribution in [2.45, 2.75) is 0 Å². The molecule has 0 spiro atoms. The maximum absolute atomic E-state index is 10.4. The number of benzene rings is 1. The highest BCUT2D eigenvalue weighted by Crippen LogP contribution is 2.13. The smallest absolute Gasteiger partial charge is 0.334 e. The fourth-order valence-electron chi connectivity index (χ4n) is 0.708. The van der Waals surface area contributed by atoms with Gasteiger partial charge in [0, 0.05) is 5.56 Å². The van der Waals surface area contributed by atoms with E-state index in [1.165, 1.54) is 12.1 Å². The molecular weight excluding hydrogens is 142 g/mol. The number of aromatic carboxylic acids is 1. The van der Waals surface area contributed by atoms with Crippen molar-refractivity contribution in [3.63, 3.8) is 0 Å². The number of nitrogens with zero attached hydrogens (tertiary/aromatic N) is 1. The molecule has 0 amide bonds. The molecule has 11 heavy (non-hydrogen) atoms.